The van der Waals surface area contributed by atoms with Crippen molar-refractivity contribution in [3.8, 4) is 0 Å². The van der Waals surface area contributed by atoms with Gasteiger partial charge in [-0.2, -0.15) is 0 Å². The van der Waals surface area contributed by atoms with E-state index in [9.17, 15) is 14.7 Å². The van der Waals surface area contributed by atoms with Gasteiger partial charge in [0, 0.05) is 31.9 Å². The number of fused-ring (bicyclic) bond motifs is 3. The molecule has 38 heavy (non-hydrogen) atoms. The normalized spacial score (nSPS) is 15.6. The number of benzene rings is 1. The number of unbranched alkanes of at least 4 members (excludes halogenated alkanes) is 1. The summed E-state index contributed by atoms with van der Waals surface area (Å²) in [4.78, 5) is 31.5. The summed E-state index contributed by atoms with van der Waals surface area (Å²) >= 11 is 0. The fourth-order valence-electron chi connectivity index (χ4n) is 4.49. The van der Waals surface area contributed by atoms with Crippen molar-refractivity contribution in [1.29, 1.82) is 0 Å². The smallest absolute Gasteiger partial charge is 0.249 e. The van der Waals surface area contributed by atoms with E-state index in [1.807, 2.05) is 25.2 Å². The van der Waals surface area contributed by atoms with Crippen molar-refractivity contribution in [3.05, 3.63) is 24.0 Å². The molecule has 4 N–H and O–H groups in total. The average Bonchev–Trinajstić information content (AvgIpc) is 3.30. The Labute approximate surface area is 222 Å². The van der Waals surface area contributed by atoms with E-state index in [2.05, 4.69) is 49.2 Å². The third-order valence-corrected chi connectivity index (χ3v) is 6.67. The van der Waals surface area contributed by atoms with Crippen LogP contribution in [-0.2, 0) is 14.3 Å². The maximum Gasteiger partial charge on any atom is 0.249 e. The van der Waals surface area contributed by atoms with Crippen LogP contribution in [0.3, 0.4) is 0 Å². The second kappa shape index (κ2) is 12.4. The largest absolute Gasteiger partial charge is 0.384 e. The van der Waals surface area contributed by atoms with Crippen molar-refractivity contribution in [2.24, 2.45) is 5.92 Å². The molecule has 1 aliphatic heterocycles. The van der Waals surface area contributed by atoms with Gasteiger partial charge >= 0.3 is 0 Å². The van der Waals surface area contributed by atoms with E-state index in [0.29, 0.717) is 24.6 Å². The molecule has 1 aromatic carbocycles. The molecule has 1 saturated heterocycles. The highest BCUT2D eigenvalue weighted by Crippen LogP contribution is 2.26. The summed E-state index contributed by atoms with van der Waals surface area (Å²) in [6.45, 7) is 11.3. The molecule has 0 aliphatic carbocycles. The first-order valence-corrected chi connectivity index (χ1v) is 13.2. The zero-order valence-corrected chi connectivity index (χ0v) is 22.5. The predicted octanol–water partition coefficient (Wildman–Crippen LogP) is 1.25. The zero-order valence-electron chi connectivity index (χ0n) is 22.5. The summed E-state index contributed by atoms with van der Waals surface area (Å²) in [5.74, 6) is 0.547. The summed E-state index contributed by atoms with van der Waals surface area (Å²) in [5, 5.41) is 26.9. The molecule has 0 bridgehead atoms. The summed E-state index contributed by atoms with van der Waals surface area (Å²) < 4.78 is 7.50. The SMILES string of the molecule is Cc1nnc2c(NCCCCNC(=O)[C@@H](NC(=O)[C@H](C)O)C(C)C)nc3cc(N4CCOCC4)ccc3n12. The Morgan fingerprint density at radius 2 is 1.82 bits per heavy atom. The fraction of sp³-hybridized carbons (Fsp3) is 0.577. The van der Waals surface area contributed by atoms with Crippen molar-refractivity contribution in [2.45, 2.75) is 52.7 Å². The lowest BCUT2D eigenvalue weighted by molar-refractivity contribution is -0.134. The van der Waals surface area contributed by atoms with Gasteiger partial charge < -0.3 is 30.7 Å². The van der Waals surface area contributed by atoms with Gasteiger partial charge in [-0.1, -0.05) is 13.8 Å². The van der Waals surface area contributed by atoms with Crippen LogP contribution in [0.15, 0.2) is 18.2 Å². The lowest BCUT2D eigenvalue weighted by Gasteiger charge is -2.29. The molecule has 4 rings (SSSR count). The van der Waals surface area contributed by atoms with Crippen LogP contribution in [0.5, 0.6) is 0 Å². The van der Waals surface area contributed by atoms with E-state index in [1.165, 1.54) is 6.92 Å². The first-order valence-electron chi connectivity index (χ1n) is 13.2. The second-order valence-corrected chi connectivity index (χ2v) is 9.97. The highest BCUT2D eigenvalue weighted by Gasteiger charge is 2.25. The number of aromatic nitrogens is 4. The minimum atomic E-state index is -1.16. The molecule has 0 spiro atoms. The fourth-order valence-corrected chi connectivity index (χ4v) is 4.49. The van der Waals surface area contributed by atoms with Crippen LogP contribution in [0.25, 0.3) is 16.7 Å². The number of carbonyl (C=O) groups is 2. The third-order valence-electron chi connectivity index (χ3n) is 6.67. The van der Waals surface area contributed by atoms with Crippen LogP contribution in [0.2, 0.25) is 0 Å². The Morgan fingerprint density at radius 1 is 1.08 bits per heavy atom. The third kappa shape index (κ3) is 6.30. The van der Waals surface area contributed by atoms with Crippen molar-refractivity contribution in [1.82, 2.24) is 30.2 Å². The number of morpholine rings is 1. The molecule has 2 atom stereocenters. The van der Waals surface area contributed by atoms with Crippen LogP contribution < -0.4 is 20.9 Å². The number of hydrogen-bond donors (Lipinski definition) is 4. The number of carbonyl (C=O) groups excluding carboxylic acids is 2. The van der Waals surface area contributed by atoms with E-state index in [-0.39, 0.29) is 11.8 Å². The summed E-state index contributed by atoms with van der Waals surface area (Å²) in [6, 6.07) is 5.58. The van der Waals surface area contributed by atoms with E-state index in [1.54, 1.807) is 0 Å². The van der Waals surface area contributed by atoms with Crippen LogP contribution in [0, 0.1) is 12.8 Å². The molecule has 2 amide bonds. The lowest BCUT2D eigenvalue weighted by atomic mass is 10.0. The maximum absolute atomic E-state index is 12.6. The van der Waals surface area contributed by atoms with Gasteiger partial charge in [-0.05, 0) is 50.8 Å². The van der Waals surface area contributed by atoms with Crippen molar-refractivity contribution in [3.63, 3.8) is 0 Å². The topological polar surface area (TPSA) is 146 Å². The van der Waals surface area contributed by atoms with Crippen molar-refractivity contribution in [2.75, 3.05) is 49.6 Å². The van der Waals surface area contributed by atoms with Gasteiger partial charge in [0.1, 0.15) is 18.0 Å². The number of nitrogens with one attached hydrogen (secondary N) is 3. The summed E-state index contributed by atoms with van der Waals surface area (Å²) in [7, 11) is 0. The van der Waals surface area contributed by atoms with Crippen molar-refractivity contribution >= 4 is 40.0 Å². The maximum atomic E-state index is 12.6. The number of amides is 2. The average molecular weight is 527 g/mol. The number of nitrogens with zero attached hydrogens (tertiary/aromatic N) is 5. The minimum Gasteiger partial charge on any atom is -0.384 e. The molecule has 1 aliphatic rings. The lowest BCUT2D eigenvalue weighted by Crippen LogP contribution is -2.52. The number of aliphatic hydroxyl groups excluding tert-OH is 1. The summed E-state index contributed by atoms with van der Waals surface area (Å²) in [6.07, 6.45) is 0.370. The number of ether oxygens (including phenoxy) is 1. The molecule has 2 aromatic heterocycles. The molecular formula is C26H38N8O4. The molecular weight excluding hydrogens is 488 g/mol. The number of aliphatic hydroxyl groups is 1. The highest BCUT2D eigenvalue weighted by atomic mass is 16.5. The van der Waals surface area contributed by atoms with E-state index < -0.39 is 18.1 Å². The Kier molecular flexibility index (Phi) is 8.95. The van der Waals surface area contributed by atoms with Crippen LogP contribution >= 0.6 is 0 Å². The van der Waals surface area contributed by atoms with E-state index in [4.69, 9.17) is 9.72 Å². The Bertz CT molecular complexity index is 1270. The number of aryl methyl sites for hydroxylation is 1. The number of anilines is 2. The molecule has 0 saturated carbocycles. The second-order valence-electron chi connectivity index (χ2n) is 9.97. The molecule has 0 radical (unpaired) electrons. The van der Waals surface area contributed by atoms with Gasteiger partial charge in [-0.15, -0.1) is 10.2 Å². The van der Waals surface area contributed by atoms with E-state index >= 15 is 0 Å². The molecule has 1 fully saturated rings. The minimum absolute atomic E-state index is 0.101. The van der Waals surface area contributed by atoms with Crippen LogP contribution in [0.4, 0.5) is 11.5 Å². The van der Waals surface area contributed by atoms with Crippen LogP contribution in [-0.4, -0.2) is 88.0 Å². The predicted molar refractivity (Wildman–Crippen MR) is 145 cm³/mol. The van der Waals surface area contributed by atoms with Gasteiger partial charge in [-0.25, -0.2) is 4.98 Å². The molecule has 206 valence electrons. The number of rotatable bonds is 11. The molecule has 3 heterocycles. The molecule has 12 nitrogen and oxygen atoms in total. The summed E-state index contributed by atoms with van der Waals surface area (Å²) in [5.41, 5.74) is 3.61. The molecule has 3 aromatic rings. The standard InChI is InChI=1S/C26H38N8O4/c1-16(2)22(30-25(36)17(3)35)26(37)28-10-6-5-9-27-23-24-32-31-18(4)34(24)21-8-7-19(15-20(21)29-23)33-11-13-38-14-12-33/h7-8,15-17,22,35H,5-6,9-14H2,1-4H3,(H,27,29)(H,28,37)(H,30,36)/t17-,22-/m0/s1. The first kappa shape index (κ1) is 27.5. The van der Waals surface area contributed by atoms with Gasteiger partial charge in [0.15, 0.2) is 5.82 Å². The Morgan fingerprint density at radius 3 is 2.53 bits per heavy atom. The Hall–Kier alpha value is -3.51. The van der Waals surface area contributed by atoms with Crippen molar-refractivity contribution < 1.29 is 19.4 Å². The van der Waals surface area contributed by atoms with Crippen LogP contribution in [0.1, 0.15) is 39.4 Å². The van der Waals surface area contributed by atoms with Gasteiger partial charge in [0.2, 0.25) is 17.5 Å². The number of hydrogen-bond acceptors (Lipinski definition) is 9. The Balaban J connectivity index is 1.36. The monoisotopic (exact) mass is 526 g/mol. The molecule has 12 heteroatoms. The quantitative estimate of drug-likeness (QED) is 0.271. The van der Waals surface area contributed by atoms with Gasteiger partial charge in [-0.3, -0.25) is 14.0 Å². The first-order chi connectivity index (χ1) is 18.3. The zero-order chi connectivity index (χ0) is 27.2. The van der Waals surface area contributed by atoms with Gasteiger partial charge in [0.05, 0.1) is 24.2 Å². The molecule has 0 unspecified atom stereocenters. The van der Waals surface area contributed by atoms with Gasteiger partial charge in [0.25, 0.3) is 0 Å². The van der Waals surface area contributed by atoms with E-state index in [0.717, 1.165) is 61.7 Å². The highest BCUT2D eigenvalue weighted by molar-refractivity contribution is 5.89.